The first-order valence-corrected chi connectivity index (χ1v) is 4.05. The molecule has 0 atom stereocenters. The van der Waals surface area contributed by atoms with Gasteiger partial charge in [-0.3, -0.25) is 0 Å². The van der Waals surface area contributed by atoms with E-state index in [-0.39, 0.29) is 5.75 Å². The van der Waals surface area contributed by atoms with Crippen LogP contribution in [-0.2, 0) is 0 Å². The van der Waals surface area contributed by atoms with Crippen molar-refractivity contribution in [1.82, 2.24) is 0 Å². The van der Waals surface area contributed by atoms with Crippen molar-refractivity contribution < 1.29 is 13.5 Å². The van der Waals surface area contributed by atoms with E-state index in [0.29, 0.717) is 10.7 Å². The van der Waals surface area contributed by atoms with E-state index < -0.39 is 12.7 Å². The van der Waals surface area contributed by atoms with Crippen LogP contribution >= 0.6 is 11.6 Å². The van der Waals surface area contributed by atoms with E-state index in [0.717, 1.165) is 0 Å². The highest BCUT2D eigenvalue weighted by Gasteiger charge is 2.35. The van der Waals surface area contributed by atoms with E-state index in [4.69, 9.17) is 11.6 Å². The van der Waals surface area contributed by atoms with Crippen LogP contribution in [0, 0.1) is 0 Å². The molecule has 13 heavy (non-hydrogen) atoms. The molecule has 0 unspecified atom stereocenters. The smallest absolute Gasteiger partial charge is 0.415 e. The maximum absolute atomic E-state index is 12.7. The number of anilines is 1. The van der Waals surface area contributed by atoms with E-state index >= 15 is 0 Å². The van der Waals surface area contributed by atoms with Crippen molar-refractivity contribution in [3.05, 3.63) is 23.2 Å². The number of halogens is 3. The summed E-state index contributed by atoms with van der Waals surface area (Å²) in [5.74, 6) is 0.126. The normalized spacial score (nSPS) is 18.4. The molecule has 1 aromatic carbocycles. The highest BCUT2D eigenvalue weighted by molar-refractivity contribution is 6.30. The van der Waals surface area contributed by atoms with E-state index in [1.54, 1.807) is 6.07 Å². The number of ether oxygens (including phenoxy) is 1. The Labute approximate surface area is 78.5 Å². The molecule has 5 heteroatoms. The zero-order valence-electron chi connectivity index (χ0n) is 6.48. The first kappa shape index (κ1) is 8.56. The minimum atomic E-state index is -3.14. The summed E-state index contributed by atoms with van der Waals surface area (Å²) in [4.78, 5) is 0. The van der Waals surface area contributed by atoms with Crippen LogP contribution in [0.5, 0.6) is 5.75 Å². The van der Waals surface area contributed by atoms with Crippen molar-refractivity contribution in [3.63, 3.8) is 0 Å². The van der Waals surface area contributed by atoms with Gasteiger partial charge in [0.05, 0.1) is 5.69 Å². The van der Waals surface area contributed by atoms with E-state index in [2.05, 4.69) is 10.1 Å². The summed E-state index contributed by atoms with van der Waals surface area (Å²) in [5.41, 5.74) is 0.499. The van der Waals surface area contributed by atoms with Crippen molar-refractivity contribution in [3.8, 4) is 5.75 Å². The van der Waals surface area contributed by atoms with E-state index in [9.17, 15) is 8.78 Å². The van der Waals surface area contributed by atoms with Crippen molar-refractivity contribution in [2.24, 2.45) is 0 Å². The van der Waals surface area contributed by atoms with Gasteiger partial charge in [0.1, 0.15) is 12.3 Å². The highest BCUT2D eigenvalue weighted by Crippen LogP contribution is 2.35. The number of hydrogen-bond donors (Lipinski definition) is 1. The van der Waals surface area contributed by atoms with Crippen molar-refractivity contribution in [2.45, 2.75) is 6.11 Å². The van der Waals surface area contributed by atoms with Gasteiger partial charge in [0.15, 0.2) is 0 Å². The first-order chi connectivity index (χ1) is 6.07. The predicted molar refractivity (Wildman–Crippen MR) is 45.5 cm³/mol. The Bertz CT molecular complexity index is 343. The number of benzene rings is 1. The second-order valence-corrected chi connectivity index (χ2v) is 3.17. The lowest BCUT2D eigenvalue weighted by Crippen LogP contribution is -2.37. The fraction of sp³-hybridized carbons (Fsp3) is 0.250. The van der Waals surface area contributed by atoms with Crippen LogP contribution in [0.2, 0.25) is 5.02 Å². The van der Waals surface area contributed by atoms with Gasteiger partial charge < -0.3 is 10.1 Å². The number of fused-ring (bicyclic) bond motifs is 1. The van der Waals surface area contributed by atoms with Gasteiger partial charge in [-0.15, -0.1) is 0 Å². The van der Waals surface area contributed by atoms with Gasteiger partial charge in [-0.25, -0.2) is 0 Å². The average molecular weight is 206 g/mol. The summed E-state index contributed by atoms with van der Waals surface area (Å²) in [6, 6.07) is 4.47. The van der Waals surface area contributed by atoms with Crippen LogP contribution in [0.25, 0.3) is 0 Å². The third kappa shape index (κ3) is 1.67. The molecule has 0 aromatic heterocycles. The second-order valence-electron chi connectivity index (χ2n) is 2.73. The topological polar surface area (TPSA) is 21.3 Å². The molecule has 1 heterocycles. The quantitative estimate of drug-likeness (QED) is 0.703. The maximum Gasteiger partial charge on any atom is 0.415 e. The Kier molecular flexibility index (Phi) is 1.80. The minimum absolute atomic E-state index is 0.126. The lowest BCUT2D eigenvalue weighted by Gasteiger charge is -2.26. The third-order valence-electron chi connectivity index (χ3n) is 1.69. The summed E-state index contributed by atoms with van der Waals surface area (Å²) in [6.07, 6.45) is -3.14. The zero-order valence-corrected chi connectivity index (χ0v) is 7.24. The Morgan fingerprint density at radius 1 is 1.46 bits per heavy atom. The van der Waals surface area contributed by atoms with Crippen LogP contribution in [-0.4, -0.2) is 12.7 Å². The van der Waals surface area contributed by atoms with Gasteiger partial charge in [-0.1, -0.05) is 11.6 Å². The summed E-state index contributed by atoms with van der Waals surface area (Å²) in [6.45, 7) is -0.527. The molecular formula is C8H6ClF2NO. The Morgan fingerprint density at radius 3 is 3.00 bits per heavy atom. The molecule has 0 saturated carbocycles. The average Bonchev–Trinajstić information content (AvgIpc) is 2.05. The zero-order chi connectivity index (χ0) is 9.47. The molecule has 2 rings (SSSR count). The molecule has 1 N–H and O–H groups in total. The van der Waals surface area contributed by atoms with Crippen LogP contribution < -0.4 is 10.1 Å². The van der Waals surface area contributed by atoms with Gasteiger partial charge in [0, 0.05) is 5.02 Å². The number of rotatable bonds is 0. The largest absolute Gasteiger partial charge is 0.429 e. The summed E-state index contributed by atoms with van der Waals surface area (Å²) >= 11 is 5.66. The molecule has 0 bridgehead atoms. The predicted octanol–water partition coefficient (Wildman–Crippen LogP) is 2.74. The number of alkyl halides is 2. The first-order valence-electron chi connectivity index (χ1n) is 3.67. The SMILES string of the molecule is FC1(F)CNc2cc(Cl)ccc2O1. The summed E-state index contributed by atoms with van der Waals surface area (Å²) < 4.78 is 29.8. The molecule has 0 saturated heterocycles. The number of nitrogens with one attached hydrogen (secondary N) is 1. The van der Waals surface area contributed by atoms with Crippen molar-refractivity contribution in [1.29, 1.82) is 0 Å². The van der Waals surface area contributed by atoms with Crippen molar-refractivity contribution in [2.75, 3.05) is 11.9 Å². The van der Waals surface area contributed by atoms with Crippen LogP contribution in [0.15, 0.2) is 18.2 Å². The van der Waals surface area contributed by atoms with Crippen molar-refractivity contribution >= 4 is 17.3 Å². The maximum atomic E-state index is 12.7. The van der Waals surface area contributed by atoms with Crippen LogP contribution in [0.3, 0.4) is 0 Å². The summed E-state index contributed by atoms with van der Waals surface area (Å²) in [5, 5.41) is 3.02. The van der Waals surface area contributed by atoms with Gasteiger partial charge in [-0.2, -0.15) is 8.78 Å². The monoisotopic (exact) mass is 205 g/mol. The molecule has 1 aromatic rings. The molecule has 70 valence electrons. The molecule has 0 spiro atoms. The Balaban J connectivity index is 2.37. The number of hydrogen-bond acceptors (Lipinski definition) is 2. The highest BCUT2D eigenvalue weighted by atomic mass is 35.5. The van der Waals surface area contributed by atoms with Gasteiger partial charge >= 0.3 is 6.11 Å². The standard InChI is InChI=1S/C8H6ClF2NO/c9-5-1-2-7-6(3-5)12-4-8(10,11)13-7/h1-3,12H,4H2. The fourth-order valence-corrected chi connectivity index (χ4v) is 1.30. The van der Waals surface area contributed by atoms with E-state index in [1.165, 1.54) is 12.1 Å². The van der Waals surface area contributed by atoms with E-state index in [1.807, 2.05) is 0 Å². The second kappa shape index (κ2) is 2.73. The lowest BCUT2D eigenvalue weighted by atomic mass is 10.2. The molecule has 0 amide bonds. The molecule has 0 aliphatic carbocycles. The Hall–Kier alpha value is -1.03. The molecule has 0 radical (unpaired) electrons. The molecular weight excluding hydrogens is 200 g/mol. The summed E-state index contributed by atoms with van der Waals surface area (Å²) in [7, 11) is 0. The fourth-order valence-electron chi connectivity index (χ4n) is 1.12. The third-order valence-corrected chi connectivity index (χ3v) is 1.92. The van der Waals surface area contributed by atoms with Gasteiger partial charge in [-0.05, 0) is 18.2 Å². The molecule has 2 nitrogen and oxygen atoms in total. The van der Waals surface area contributed by atoms with Crippen LogP contribution in [0.4, 0.5) is 14.5 Å². The molecule has 1 aliphatic heterocycles. The minimum Gasteiger partial charge on any atom is -0.429 e. The van der Waals surface area contributed by atoms with Gasteiger partial charge in [0.2, 0.25) is 0 Å². The molecule has 0 fully saturated rings. The Morgan fingerprint density at radius 2 is 2.23 bits per heavy atom. The van der Waals surface area contributed by atoms with Gasteiger partial charge in [0.25, 0.3) is 0 Å². The van der Waals surface area contributed by atoms with Crippen LogP contribution in [0.1, 0.15) is 0 Å². The lowest BCUT2D eigenvalue weighted by molar-refractivity contribution is -0.166. The molecule has 1 aliphatic rings.